The molecule has 0 aliphatic carbocycles. The predicted molar refractivity (Wildman–Crippen MR) is 137 cm³/mol. The second kappa shape index (κ2) is 11.0. The van der Waals surface area contributed by atoms with Crippen molar-refractivity contribution in [2.75, 3.05) is 27.6 Å². The number of carbonyl (C=O) groups is 2. The average molecular weight is 558 g/mol. The number of amides is 1. The summed E-state index contributed by atoms with van der Waals surface area (Å²) in [7, 11) is 2.92. The Labute approximate surface area is 224 Å². The van der Waals surface area contributed by atoms with Crippen LogP contribution in [0.5, 0.6) is 23.0 Å². The van der Waals surface area contributed by atoms with E-state index >= 15 is 0 Å². The van der Waals surface area contributed by atoms with Crippen LogP contribution < -0.4 is 29.9 Å². The van der Waals surface area contributed by atoms with E-state index in [0.29, 0.717) is 33.3 Å². The lowest BCUT2D eigenvalue weighted by atomic mass is 9.96. The van der Waals surface area contributed by atoms with E-state index < -0.39 is 18.0 Å². The molecule has 39 heavy (non-hydrogen) atoms. The highest BCUT2D eigenvalue weighted by atomic mass is 32.1. The number of hydrazone groups is 1. The highest BCUT2D eigenvalue weighted by molar-refractivity contribution is 7.15. The molecule has 0 radical (unpaired) electrons. The zero-order chi connectivity index (χ0) is 27.5. The van der Waals surface area contributed by atoms with E-state index in [4.69, 9.17) is 28.5 Å². The molecule has 2 aromatic heterocycles. The van der Waals surface area contributed by atoms with Crippen molar-refractivity contribution in [2.45, 2.75) is 25.9 Å². The molecule has 0 bridgehead atoms. The number of oxime groups is 1. The molecule has 1 N–H and O–H groups in total. The zero-order valence-electron chi connectivity index (χ0n) is 21.1. The summed E-state index contributed by atoms with van der Waals surface area (Å²) < 4.78 is 28.9. The van der Waals surface area contributed by atoms with Gasteiger partial charge in [-0.25, -0.2) is 15.2 Å². The first-order valence-corrected chi connectivity index (χ1v) is 12.6. The normalized spacial score (nSPS) is 15.8. The number of hydrogen-bond acceptors (Lipinski definition) is 13. The Kier molecular flexibility index (Phi) is 7.31. The molecule has 2 aliphatic heterocycles. The van der Waals surface area contributed by atoms with Gasteiger partial charge in [0.05, 0.1) is 27.0 Å². The van der Waals surface area contributed by atoms with E-state index in [-0.39, 0.29) is 49.0 Å². The fourth-order valence-electron chi connectivity index (χ4n) is 4.16. The van der Waals surface area contributed by atoms with Gasteiger partial charge in [0, 0.05) is 41.6 Å². The number of nitrogens with one attached hydrogen (secondary N) is 1. The summed E-state index contributed by atoms with van der Waals surface area (Å²) >= 11 is 1.22. The highest BCUT2D eigenvalue weighted by Crippen LogP contribution is 2.52. The molecule has 0 saturated carbocycles. The first-order chi connectivity index (χ1) is 18.9. The number of ether oxygens (including phenoxy) is 5. The second-order valence-corrected chi connectivity index (χ2v) is 9.02. The Hall–Kier alpha value is -4.66. The van der Waals surface area contributed by atoms with Crippen LogP contribution in [-0.2, 0) is 20.8 Å². The minimum atomic E-state index is -0.681. The Balaban J connectivity index is 1.45. The fourth-order valence-corrected chi connectivity index (χ4v) is 4.88. The van der Waals surface area contributed by atoms with Gasteiger partial charge in [0.1, 0.15) is 11.8 Å². The molecule has 1 aromatic carbocycles. The summed E-state index contributed by atoms with van der Waals surface area (Å²) in [5.41, 5.74) is 3.05. The number of nitrogens with zero attached hydrogens (tertiary/aromatic N) is 4. The third kappa shape index (κ3) is 4.95. The van der Waals surface area contributed by atoms with Gasteiger partial charge in [0.2, 0.25) is 18.3 Å². The number of esters is 1. The first kappa shape index (κ1) is 26.0. The molecule has 2 aliphatic rings. The van der Waals surface area contributed by atoms with Crippen molar-refractivity contribution >= 4 is 40.1 Å². The quantitative estimate of drug-likeness (QED) is 0.232. The lowest BCUT2D eigenvalue weighted by molar-refractivity contribution is -0.135. The van der Waals surface area contributed by atoms with Crippen LogP contribution in [-0.4, -0.2) is 66.9 Å². The van der Waals surface area contributed by atoms with Crippen LogP contribution in [0.3, 0.4) is 0 Å². The summed E-state index contributed by atoms with van der Waals surface area (Å²) in [5.74, 6) is 0.0515. The van der Waals surface area contributed by atoms with Gasteiger partial charge in [-0.05, 0) is 6.92 Å². The van der Waals surface area contributed by atoms with Crippen molar-refractivity contribution in [1.29, 1.82) is 0 Å². The van der Waals surface area contributed by atoms with Gasteiger partial charge in [-0.3, -0.25) is 14.0 Å². The maximum atomic E-state index is 12.7. The van der Waals surface area contributed by atoms with E-state index in [9.17, 15) is 14.4 Å². The van der Waals surface area contributed by atoms with E-state index in [2.05, 4.69) is 20.7 Å². The fraction of sp³-hybridized carbons (Fsp3) is 0.333. The number of rotatable bonds is 9. The molecule has 1 atom stereocenters. The lowest BCUT2D eigenvalue weighted by Gasteiger charge is -2.19. The monoisotopic (exact) mass is 557 g/mol. The SMILES string of the molecule is CCOC(=O)C1=NO[C@@H](Cc2c(/C=N/NC(=O)c3cc(=O)n4ccsc4n3)c(OC)c3c(c2OC)OCO3)C1. The number of hydrogen-bond donors (Lipinski definition) is 1. The molecule has 4 heterocycles. The third-order valence-corrected chi connectivity index (χ3v) is 6.61. The summed E-state index contributed by atoms with van der Waals surface area (Å²) in [4.78, 5) is 47.1. The molecule has 0 spiro atoms. The smallest absolute Gasteiger partial charge is 0.356 e. The molecule has 14 nitrogen and oxygen atoms in total. The van der Waals surface area contributed by atoms with Crippen molar-refractivity contribution in [3.63, 3.8) is 0 Å². The minimum absolute atomic E-state index is 0.0543. The number of thiazole rings is 1. The Bertz CT molecular complexity index is 1560. The summed E-state index contributed by atoms with van der Waals surface area (Å²) in [5, 5.41) is 9.64. The van der Waals surface area contributed by atoms with Crippen LogP contribution >= 0.6 is 11.3 Å². The molecular weight excluding hydrogens is 534 g/mol. The zero-order valence-corrected chi connectivity index (χ0v) is 21.9. The van der Waals surface area contributed by atoms with Crippen molar-refractivity contribution in [1.82, 2.24) is 14.8 Å². The van der Waals surface area contributed by atoms with Crippen LogP contribution in [0.4, 0.5) is 0 Å². The van der Waals surface area contributed by atoms with Gasteiger partial charge in [-0.2, -0.15) is 5.10 Å². The highest BCUT2D eigenvalue weighted by Gasteiger charge is 2.34. The summed E-state index contributed by atoms with van der Waals surface area (Å²) in [6, 6.07) is 1.12. The second-order valence-electron chi connectivity index (χ2n) is 8.15. The van der Waals surface area contributed by atoms with Gasteiger partial charge in [-0.1, -0.05) is 5.16 Å². The molecule has 3 aromatic rings. The number of aromatic nitrogens is 2. The Morgan fingerprint density at radius 3 is 2.77 bits per heavy atom. The van der Waals surface area contributed by atoms with Gasteiger partial charge in [0.25, 0.3) is 11.5 Å². The molecule has 1 amide bonds. The Morgan fingerprint density at radius 1 is 1.26 bits per heavy atom. The first-order valence-electron chi connectivity index (χ1n) is 11.7. The van der Waals surface area contributed by atoms with Crippen molar-refractivity contribution in [3.8, 4) is 23.0 Å². The molecule has 0 fully saturated rings. The number of carbonyl (C=O) groups excluding carboxylic acids is 2. The Morgan fingerprint density at radius 2 is 2.03 bits per heavy atom. The molecule has 5 rings (SSSR count). The topological polar surface area (TPSA) is 161 Å². The van der Waals surface area contributed by atoms with Crippen molar-refractivity contribution < 1.29 is 38.1 Å². The molecule has 0 saturated heterocycles. The van der Waals surface area contributed by atoms with E-state index in [1.54, 1.807) is 18.5 Å². The molecule has 15 heteroatoms. The number of benzene rings is 1. The number of methoxy groups -OCH3 is 2. The average Bonchev–Trinajstić information content (AvgIpc) is 3.70. The van der Waals surface area contributed by atoms with Gasteiger partial charge in [-0.15, -0.1) is 11.3 Å². The largest absolute Gasteiger partial charge is 0.492 e. The van der Waals surface area contributed by atoms with E-state index in [0.717, 1.165) is 6.07 Å². The molecular formula is C24H23N5O9S. The van der Waals surface area contributed by atoms with Crippen LogP contribution in [0.15, 0.2) is 32.7 Å². The van der Waals surface area contributed by atoms with Crippen LogP contribution in [0.1, 0.15) is 35.0 Å². The molecule has 204 valence electrons. The standard InChI is InChI=1S/C24H23N5O9S/c1-4-35-23(32)16-8-12(38-28-16)7-13-14(19(34-3)21-20(18(13)33-2)36-11-37-21)10-25-27-22(31)15-9-17(30)29-5-6-39-24(29)26-15/h5-6,9-10,12H,4,7-8,11H2,1-3H3,(H,27,31)/b25-10+/t12-/m0/s1. The number of fused-ring (bicyclic) bond motifs is 2. The van der Waals surface area contributed by atoms with Gasteiger partial charge >= 0.3 is 5.97 Å². The van der Waals surface area contributed by atoms with Crippen LogP contribution in [0.2, 0.25) is 0 Å². The summed E-state index contributed by atoms with van der Waals surface area (Å²) in [6.07, 6.45) is 2.82. The minimum Gasteiger partial charge on any atom is -0.492 e. The van der Waals surface area contributed by atoms with Gasteiger partial charge in [0.15, 0.2) is 22.2 Å². The predicted octanol–water partition coefficient (Wildman–Crippen LogP) is 1.52. The van der Waals surface area contributed by atoms with Crippen LogP contribution in [0.25, 0.3) is 4.96 Å². The third-order valence-electron chi connectivity index (χ3n) is 5.85. The summed E-state index contributed by atoms with van der Waals surface area (Å²) in [6.45, 7) is 1.87. The molecule has 0 unspecified atom stereocenters. The maximum absolute atomic E-state index is 12.7. The lowest BCUT2D eigenvalue weighted by Crippen LogP contribution is -2.23. The van der Waals surface area contributed by atoms with Crippen LogP contribution in [0, 0.1) is 0 Å². The van der Waals surface area contributed by atoms with E-state index in [1.165, 1.54) is 36.2 Å². The van der Waals surface area contributed by atoms with Gasteiger partial charge < -0.3 is 28.5 Å². The maximum Gasteiger partial charge on any atom is 0.356 e. The van der Waals surface area contributed by atoms with Crippen molar-refractivity contribution in [2.24, 2.45) is 10.3 Å². The van der Waals surface area contributed by atoms with E-state index in [1.807, 2.05) is 0 Å². The van der Waals surface area contributed by atoms with Crippen molar-refractivity contribution in [3.05, 3.63) is 44.8 Å².